The fraction of sp³-hybridized carbons (Fsp3) is 0.167. The Hall–Kier alpha value is -2.39. The van der Waals surface area contributed by atoms with Crippen LogP contribution < -0.4 is 5.73 Å². The largest absolute Gasteiger partial charge is 0.469 e. The van der Waals surface area contributed by atoms with Gasteiger partial charge in [0.2, 0.25) is 0 Å². The third-order valence-electron chi connectivity index (χ3n) is 3.77. The highest BCUT2D eigenvalue weighted by atomic mass is 16.5. The van der Waals surface area contributed by atoms with Gasteiger partial charge in [-0.05, 0) is 45.3 Å². The topological polar surface area (TPSA) is 52.3 Å². The third-order valence-corrected chi connectivity index (χ3v) is 3.77. The van der Waals surface area contributed by atoms with E-state index in [0.29, 0.717) is 0 Å². The van der Waals surface area contributed by atoms with Crippen LogP contribution in [-0.2, 0) is 9.53 Å². The van der Waals surface area contributed by atoms with Gasteiger partial charge in [0.15, 0.2) is 0 Å². The van der Waals surface area contributed by atoms with Gasteiger partial charge in [-0.3, -0.25) is 4.79 Å². The van der Waals surface area contributed by atoms with Crippen LogP contribution in [0, 0.1) is 0 Å². The van der Waals surface area contributed by atoms with Crippen LogP contribution in [0.2, 0.25) is 0 Å². The first-order valence-electron chi connectivity index (χ1n) is 6.92. The van der Waals surface area contributed by atoms with E-state index in [1.165, 1.54) is 23.3 Å². The second-order valence-electron chi connectivity index (χ2n) is 5.19. The third kappa shape index (κ3) is 2.73. The Bertz CT molecular complexity index is 811. The molecule has 0 saturated carbocycles. The molecule has 3 aromatic rings. The fourth-order valence-corrected chi connectivity index (χ4v) is 2.57. The van der Waals surface area contributed by atoms with Gasteiger partial charge < -0.3 is 10.5 Å². The van der Waals surface area contributed by atoms with Crippen molar-refractivity contribution in [3.63, 3.8) is 0 Å². The molecule has 106 valence electrons. The molecule has 0 saturated heterocycles. The molecule has 1 atom stereocenters. The number of benzene rings is 3. The highest BCUT2D eigenvalue weighted by Crippen LogP contribution is 2.26. The molecule has 2 N–H and O–H groups in total. The van der Waals surface area contributed by atoms with Gasteiger partial charge in [-0.2, -0.15) is 0 Å². The van der Waals surface area contributed by atoms with Crippen LogP contribution in [0.1, 0.15) is 18.0 Å². The molecule has 0 fully saturated rings. The lowest BCUT2D eigenvalue weighted by atomic mass is 9.98. The summed E-state index contributed by atoms with van der Waals surface area (Å²) in [5.74, 6) is -0.291. The van der Waals surface area contributed by atoms with Crippen LogP contribution >= 0.6 is 0 Å². The van der Waals surface area contributed by atoms with Crippen molar-refractivity contribution < 1.29 is 9.53 Å². The van der Waals surface area contributed by atoms with Crippen LogP contribution in [-0.4, -0.2) is 13.1 Å². The molecule has 3 nitrogen and oxygen atoms in total. The lowest BCUT2D eigenvalue weighted by Gasteiger charge is -2.12. The molecule has 0 bridgehead atoms. The zero-order valence-electron chi connectivity index (χ0n) is 11.9. The number of esters is 1. The Balaban J connectivity index is 2.02. The van der Waals surface area contributed by atoms with E-state index in [1.807, 2.05) is 24.3 Å². The summed E-state index contributed by atoms with van der Waals surface area (Å²) in [4.78, 5) is 11.3. The molecule has 0 aliphatic rings. The molecule has 0 unspecified atom stereocenters. The number of methoxy groups -OCH3 is 1. The van der Waals surface area contributed by atoms with Crippen LogP contribution in [0.5, 0.6) is 0 Å². The quantitative estimate of drug-likeness (QED) is 0.589. The second-order valence-corrected chi connectivity index (χ2v) is 5.19. The van der Waals surface area contributed by atoms with Crippen LogP contribution in [0.25, 0.3) is 21.5 Å². The first-order chi connectivity index (χ1) is 10.2. The SMILES string of the molecule is COC(=O)C[C@@H](N)c1ccc2cc3ccccc3cc2c1. The summed E-state index contributed by atoms with van der Waals surface area (Å²) < 4.78 is 4.67. The number of hydrogen-bond donors (Lipinski definition) is 1. The van der Waals surface area contributed by atoms with Crippen molar-refractivity contribution in [2.75, 3.05) is 7.11 Å². The van der Waals surface area contributed by atoms with E-state index in [2.05, 4.69) is 35.1 Å². The summed E-state index contributed by atoms with van der Waals surface area (Å²) in [5, 5.41) is 4.72. The average Bonchev–Trinajstić information content (AvgIpc) is 2.52. The average molecular weight is 279 g/mol. The Morgan fingerprint density at radius 1 is 1.00 bits per heavy atom. The van der Waals surface area contributed by atoms with Gasteiger partial charge in [0, 0.05) is 6.04 Å². The van der Waals surface area contributed by atoms with Crippen molar-refractivity contribution >= 4 is 27.5 Å². The molecular formula is C18H17NO2. The summed E-state index contributed by atoms with van der Waals surface area (Å²) in [6.07, 6.45) is 0.190. The maximum Gasteiger partial charge on any atom is 0.307 e. The van der Waals surface area contributed by atoms with Crippen LogP contribution in [0.15, 0.2) is 54.6 Å². The molecule has 0 amide bonds. The molecule has 21 heavy (non-hydrogen) atoms. The van der Waals surface area contributed by atoms with Crippen molar-refractivity contribution in [1.29, 1.82) is 0 Å². The number of carbonyl (C=O) groups is 1. The van der Waals surface area contributed by atoms with Crippen LogP contribution in [0.4, 0.5) is 0 Å². The zero-order chi connectivity index (χ0) is 14.8. The van der Waals surface area contributed by atoms with Gasteiger partial charge >= 0.3 is 5.97 Å². The first kappa shape index (κ1) is 13.6. The van der Waals surface area contributed by atoms with E-state index < -0.39 is 0 Å². The number of rotatable bonds is 3. The van der Waals surface area contributed by atoms with Crippen molar-refractivity contribution in [2.24, 2.45) is 5.73 Å². The minimum atomic E-state index is -0.340. The van der Waals surface area contributed by atoms with Crippen LogP contribution in [0.3, 0.4) is 0 Å². The van der Waals surface area contributed by atoms with E-state index in [9.17, 15) is 4.79 Å². The summed E-state index contributed by atoms with van der Waals surface area (Å²) in [6, 6.07) is 18.3. The van der Waals surface area contributed by atoms with Gasteiger partial charge in [0.25, 0.3) is 0 Å². The normalized spacial score (nSPS) is 12.5. The van der Waals surface area contributed by atoms with Crippen molar-refractivity contribution in [3.8, 4) is 0 Å². The van der Waals surface area contributed by atoms with Gasteiger partial charge in [-0.1, -0.05) is 36.4 Å². The Morgan fingerprint density at radius 3 is 2.29 bits per heavy atom. The summed E-state index contributed by atoms with van der Waals surface area (Å²) in [7, 11) is 1.38. The maximum atomic E-state index is 11.3. The minimum Gasteiger partial charge on any atom is -0.469 e. The summed E-state index contributed by atoms with van der Waals surface area (Å²) >= 11 is 0. The first-order valence-corrected chi connectivity index (χ1v) is 6.92. The monoisotopic (exact) mass is 279 g/mol. The molecule has 0 heterocycles. The standard InChI is InChI=1S/C18H17NO2/c1-21-18(20)11-17(19)15-7-6-14-8-12-4-2-3-5-13(12)9-16(14)10-15/h2-10,17H,11,19H2,1H3/t17-/m1/s1. The predicted molar refractivity (Wildman–Crippen MR) is 85.0 cm³/mol. The predicted octanol–water partition coefficient (Wildman–Crippen LogP) is 3.56. The number of fused-ring (bicyclic) bond motifs is 2. The fourth-order valence-electron chi connectivity index (χ4n) is 2.57. The van der Waals surface area contributed by atoms with Gasteiger partial charge in [-0.15, -0.1) is 0 Å². The lowest BCUT2D eigenvalue weighted by Crippen LogP contribution is -2.16. The Morgan fingerprint density at radius 2 is 1.62 bits per heavy atom. The Labute approximate surface area is 123 Å². The molecule has 0 aliphatic carbocycles. The molecule has 3 heteroatoms. The zero-order valence-corrected chi connectivity index (χ0v) is 11.9. The number of carbonyl (C=O) groups excluding carboxylic acids is 1. The van der Waals surface area contributed by atoms with Gasteiger partial charge in [-0.25, -0.2) is 0 Å². The number of ether oxygens (including phenoxy) is 1. The lowest BCUT2D eigenvalue weighted by molar-refractivity contribution is -0.141. The molecule has 0 spiro atoms. The van der Waals surface area contributed by atoms with Gasteiger partial charge in [0.05, 0.1) is 13.5 Å². The van der Waals surface area contributed by atoms with E-state index in [4.69, 9.17) is 5.73 Å². The molecule has 3 aromatic carbocycles. The molecule has 0 aliphatic heterocycles. The van der Waals surface area contributed by atoms with E-state index >= 15 is 0 Å². The summed E-state index contributed by atoms with van der Waals surface area (Å²) in [5.41, 5.74) is 7.02. The highest BCUT2D eigenvalue weighted by molar-refractivity contribution is 5.98. The number of hydrogen-bond acceptors (Lipinski definition) is 3. The summed E-state index contributed by atoms with van der Waals surface area (Å²) in [6.45, 7) is 0. The number of nitrogens with two attached hydrogens (primary N) is 1. The minimum absolute atomic E-state index is 0.190. The van der Waals surface area contributed by atoms with Crippen molar-refractivity contribution in [1.82, 2.24) is 0 Å². The van der Waals surface area contributed by atoms with Crippen molar-refractivity contribution in [2.45, 2.75) is 12.5 Å². The molecule has 0 radical (unpaired) electrons. The van der Waals surface area contributed by atoms with E-state index in [-0.39, 0.29) is 18.4 Å². The smallest absolute Gasteiger partial charge is 0.307 e. The van der Waals surface area contributed by atoms with E-state index in [0.717, 1.165) is 10.9 Å². The highest BCUT2D eigenvalue weighted by Gasteiger charge is 2.12. The van der Waals surface area contributed by atoms with E-state index in [1.54, 1.807) is 0 Å². The van der Waals surface area contributed by atoms with Gasteiger partial charge in [0.1, 0.15) is 0 Å². The molecular weight excluding hydrogens is 262 g/mol. The van der Waals surface area contributed by atoms with Crippen molar-refractivity contribution in [3.05, 3.63) is 60.2 Å². The maximum absolute atomic E-state index is 11.3. The molecule has 3 rings (SSSR count). The Kier molecular flexibility index (Phi) is 3.59. The second kappa shape index (κ2) is 5.54. The molecule has 0 aromatic heterocycles.